The van der Waals surface area contributed by atoms with Gasteiger partial charge in [-0.15, -0.1) is 0 Å². The van der Waals surface area contributed by atoms with E-state index in [1.807, 2.05) is 0 Å². The number of hydrogen-bond acceptors (Lipinski definition) is 4. The van der Waals surface area contributed by atoms with E-state index in [1.165, 1.54) is 44.2 Å². The van der Waals surface area contributed by atoms with Crippen LogP contribution in [0.1, 0.15) is 71.9 Å². The molecule has 1 aliphatic heterocycles. The largest absolute Gasteiger partial charge is 0.460 e. The molecule has 0 saturated carbocycles. The highest BCUT2D eigenvalue weighted by atomic mass is 16.3. The fraction of sp³-hybridized carbons (Fsp3) is 0.163. The molecule has 53 heavy (non-hydrogen) atoms. The van der Waals surface area contributed by atoms with E-state index >= 15 is 0 Å². The summed E-state index contributed by atoms with van der Waals surface area (Å²) < 4.78 is 7.02. The summed E-state index contributed by atoms with van der Waals surface area (Å²) in [7, 11) is 0. The highest BCUT2D eigenvalue weighted by molar-refractivity contribution is 6.27. The molecule has 7 aromatic rings. The Morgan fingerprint density at radius 1 is 0.604 bits per heavy atom. The van der Waals surface area contributed by atoms with Crippen LogP contribution in [0.4, 0.5) is 0 Å². The van der Waals surface area contributed by atoms with Gasteiger partial charge in [0, 0.05) is 22.4 Å². The van der Waals surface area contributed by atoms with Gasteiger partial charge in [0.1, 0.15) is 29.5 Å². The van der Waals surface area contributed by atoms with Crippen LogP contribution in [0.15, 0.2) is 173 Å². The zero-order valence-electron chi connectivity index (χ0n) is 29.6. The second kappa shape index (κ2) is 13.5. The van der Waals surface area contributed by atoms with E-state index in [-0.39, 0.29) is 12.3 Å². The van der Waals surface area contributed by atoms with Crippen LogP contribution < -0.4 is 10.6 Å². The van der Waals surface area contributed by atoms with E-state index in [4.69, 9.17) is 9.41 Å². The molecular formula is C49H41N3O. The van der Waals surface area contributed by atoms with Crippen molar-refractivity contribution in [1.29, 1.82) is 0 Å². The summed E-state index contributed by atoms with van der Waals surface area (Å²) >= 11 is 0. The van der Waals surface area contributed by atoms with E-state index in [9.17, 15) is 0 Å². The molecule has 6 aromatic carbocycles. The highest BCUT2D eigenvalue weighted by Gasteiger charge is 2.37. The molecule has 4 atom stereocenters. The zero-order valence-corrected chi connectivity index (χ0v) is 29.6. The number of nitrogens with zero attached hydrogens (tertiary/aromatic N) is 1. The first kappa shape index (κ1) is 31.7. The lowest BCUT2D eigenvalue weighted by molar-refractivity contribution is 0.344. The summed E-state index contributed by atoms with van der Waals surface area (Å²) in [4.78, 5) is 5.42. The molecule has 4 heteroatoms. The smallest absolute Gasteiger partial charge is 0.135 e. The molecule has 0 saturated heterocycles. The molecule has 0 fully saturated rings. The summed E-state index contributed by atoms with van der Waals surface area (Å²) in [6, 6.07) is 54.1. The van der Waals surface area contributed by atoms with Crippen LogP contribution in [-0.4, -0.2) is 5.84 Å². The van der Waals surface area contributed by atoms with E-state index in [2.05, 4.69) is 174 Å². The van der Waals surface area contributed by atoms with Crippen LogP contribution in [0.2, 0.25) is 0 Å². The molecule has 2 aliphatic carbocycles. The van der Waals surface area contributed by atoms with Gasteiger partial charge >= 0.3 is 0 Å². The number of benzene rings is 6. The molecule has 0 amide bonds. The molecule has 0 bridgehead atoms. The maximum atomic E-state index is 7.02. The van der Waals surface area contributed by atoms with Crippen LogP contribution in [0.3, 0.4) is 0 Å². The third kappa shape index (κ3) is 5.99. The molecule has 3 aliphatic rings. The Hall–Kier alpha value is -5.97. The molecular weight excluding hydrogens is 647 g/mol. The molecule has 258 valence electrons. The third-order valence-electron chi connectivity index (χ3n) is 11.5. The fourth-order valence-electron chi connectivity index (χ4n) is 8.72. The number of aliphatic imine (C=N–C) groups is 1. The van der Waals surface area contributed by atoms with Crippen molar-refractivity contribution in [2.45, 2.75) is 43.9 Å². The number of hydrogen-bond donors (Lipinski definition) is 2. The van der Waals surface area contributed by atoms with Crippen LogP contribution >= 0.6 is 0 Å². The van der Waals surface area contributed by atoms with Gasteiger partial charge in [-0.2, -0.15) is 0 Å². The Balaban J connectivity index is 1.05. The number of allylic oxidation sites excluding steroid dienone is 3. The van der Waals surface area contributed by atoms with E-state index in [0.29, 0.717) is 11.8 Å². The van der Waals surface area contributed by atoms with Crippen molar-refractivity contribution in [2.24, 2.45) is 10.9 Å². The maximum absolute atomic E-state index is 7.02. The Morgan fingerprint density at radius 3 is 1.98 bits per heavy atom. The first-order chi connectivity index (χ1) is 26.2. The number of furan rings is 1. The van der Waals surface area contributed by atoms with Crippen LogP contribution in [0.5, 0.6) is 0 Å². The van der Waals surface area contributed by atoms with Crippen molar-refractivity contribution in [3.05, 3.63) is 192 Å². The van der Waals surface area contributed by atoms with Crippen molar-refractivity contribution < 1.29 is 4.42 Å². The minimum Gasteiger partial charge on any atom is -0.460 e. The topological polar surface area (TPSA) is 49.6 Å². The van der Waals surface area contributed by atoms with Gasteiger partial charge in [0.25, 0.3) is 0 Å². The average molecular weight is 688 g/mol. The Labute approximate surface area is 310 Å². The van der Waals surface area contributed by atoms with Gasteiger partial charge in [0.2, 0.25) is 0 Å². The molecule has 0 radical (unpaired) electrons. The average Bonchev–Trinajstić information content (AvgIpc) is 3.62. The minimum absolute atomic E-state index is 0.140. The number of amidine groups is 1. The quantitative estimate of drug-likeness (QED) is 0.183. The van der Waals surface area contributed by atoms with Gasteiger partial charge in [-0.3, -0.25) is 5.32 Å². The monoisotopic (exact) mass is 687 g/mol. The van der Waals surface area contributed by atoms with E-state index in [1.54, 1.807) is 0 Å². The van der Waals surface area contributed by atoms with Gasteiger partial charge in [-0.25, -0.2) is 4.99 Å². The number of nitrogens with one attached hydrogen (secondary N) is 2. The van der Waals surface area contributed by atoms with Crippen molar-refractivity contribution in [3.63, 3.8) is 0 Å². The summed E-state index contributed by atoms with van der Waals surface area (Å²) in [5.41, 5.74) is 10.8. The molecule has 10 rings (SSSR count). The van der Waals surface area contributed by atoms with Crippen LogP contribution in [-0.2, 0) is 0 Å². The Bertz CT molecular complexity index is 2510. The van der Waals surface area contributed by atoms with Crippen molar-refractivity contribution in [2.75, 3.05) is 0 Å². The van der Waals surface area contributed by atoms with Crippen LogP contribution in [0.25, 0.3) is 44.0 Å². The highest BCUT2D eigenvalue weighted by Crippen LogP contribution is 2.49. The van der Waals surface area contributed by atoms with Gasteiger partial charge in [-0.1, -0.05) is 152 Å². The third-order valence-corrected chi connectivity index (χ3v) is 11.5. The minimum atomic E-state index is -0.216. The number of rotatable bonds is 6. The maximum Gasteiger partial charge on any atom is 0.135 e. The second-order valence-corrected chi connectivity index (χ2v) is 14.6. The van der Waals surface area contributed by atoms with Crippen molar-refractivity contribution in [1.82, 2.24) is 10.6 Å². The lowest BCUT2D eigenvalue weighted by Gasteiger charge is -2.35. The Morgan fingerprint density at radius 2 is 1.26 bits per heavy atom. The van der Waals surface area contributed by atoms with Gasteiger partial charge in [0.15, 0.2) is 0 Å². The zero-order chi connectivity index (χ0) is 35.1. The van der Waals surface area contributed by atoms with Gasteiger partial charge in [0.05, 0.1) is 0 Å². The fourth-order valence-corrected chi connectivity index (χ4v) is 8.72. The molecule has 4 nitrogen and oxygen atoms in total. The molecule has 0 spiro atoms. The number of fused-ring (bicyclic) bond motifs is 4. The van der Waals surface area contributed by atoms with Crippen molar-refractivity contribution in [3.8, 4) is 11.1 Å². The van der Waals surface area contributed by atoms with Crippen LogP contribution in [0, 0.1) is 5.92 Å². The lowest BCUT2D eigenvalue weighted by atomic mass is 9.73. The molecule has 1 aromatic heterocycles. The molecule has 2 N–H and O–H groups in total. The normalized spacial score (nSPS) is 21.3. The van der Waals surface area contributed by atoms with Crippen molar-refractivity contribution >= 4 is 38.7 Å². The first-order valence-electron chi connectivity index (χ1n) is 19.0. The Kier molecular flexibility index (Phi) is 8.11. The summed E-state index contributed by atoms with van der Waals surface area (Å²) in [5, 5.41) is 11.3. The van der Waals surface area contributed by atoms with E-state index < -0.39 is 0 Å². The molecule has 2 heterocycles. The predicted molar refractivity (Wildman–Crippen MR) is 218 cm³/mol. The predicted octanol–water partition coefficient (Wildman–Crippen LogP) is 12.0. The van der Waals surface area contributed by atoms with Gasteiger partial charge in [-0.05, 0) is 87.9 Å². The van der Waals surface area contributed by atoms with Gasteiger partial charge < -0.3 is 9.73 Å². The summed E-state index contributed by atoms with van der Waals surface area (Å²) in [5.74, 6) is 2.81. The summed E-state index contributed by atoms with van der Waals surface area (Å²) in [6.07, 6.45) is 8.78. The first-order valence-corrected chi connectivity index (χ1v) is 19.0. The lowest BCUT2D eigenvalue weighted by Crippen LogP contribution is -2.45. The van der Waals surface area contributed by atoms with E-state index in [0.717, 1.165) is 59.4 Å². The standard InChI is InChI=1S/C49H41N3O/c1-4-12-32(13-5-1)34-20-24-36(25-21-34)41-28-29-42(45-43-30-39-18-10-11-19-40(39)31-44(43)53-46(41)45)49-51-47(37-16-8-3-9-17-37)50-48(52-49)38-26-22-35(23-27-38)33-14-6-2-7-15-33/h1-20,22-23,26-27,29-31,36,41,47-48,50H,21,24-25,28H2,(H,51,52). The second-order valence-electron chi connectivity index (χ2n) is 14.6. The summed E-state index contributed by atoms with van der Waals surface area (Å²) in [6.45, 7) is 0. The molecule has 4 unspecified atom stereocenters. The SMILES string of the molecule is C1=C(c2ccccc2)CCC(C2CC=C(C3=NC(c4ccccc4)NC(c4ccc(-c5ccccc5)cc4)N3)c3c2oc2cc4ccccc4cc32)C1.